The standard InChI is InChI=1S/C11H13NO2/c1-11(2,3)8-4-7(6-12)10(14)9(13)5-8/h4-5,13-14H,1-3H3. The van der Waals surface area contributed by atoms with Gasteiger partial charge in [0.25, 0.3) is 0 Å². The zero-order chi connectivity index (χ0) is 10.9. The van der Waals surface area contributed by atoms with Gasteiger partial charge in [0, 0.05) is 0 Å². The van der Waals surface area contributed by atoms with E-state index in [-0.39, 0.29) is 22.5 Å². The van der Waals surface area contributed by atoms with Crippen LogP contribution in [0.5, 0.6) is 11.5 Å². The van der Waals surface area contributed by atoms with Gasteiger partial charge in [0.1, 0.15) is 6.07 Å². The van der Waals surface area contributed by atoms with Gasteiger partial charge < -0.3 is 10.2 Å². The first kappa shape index (κ1) is 10.4. The van der Waals surface area contributed by atoms with Gasteiger partial charge in [-0.15, -0.1) is 0 Å². The molecule has 74 valence electrons. The minimum atomic E-state index is -0.347. The molecule has 0 saturated carbocycles. The average molecular weight is 191 g/mol. The zero-order valence-corrected chi connectivity index (χ0v) is 8.50. The van der Waals surface area contributed by atoms with Crippen LogP contribution in [0.2, 0.25) is 0 Å². The summed E-state index contributed by atoms with van der Waals surface area (Å²) in [6.45, 7) is 5.92. The largest absolute Gasteiger partial charge is 0.504 e. The van der Waals surface area contributed by atoms with E-state index in [4.69, 9.17) is 5.26 Å². The monoisotopic (exact) mass is 191 g/mol. The van der Waals surface area contributed by atoms with Crippen molar-refractivity contribution in [3.8, 4) is 17.6 Å². The molecule has 0 aromatic heterocycles. The summed E-state index contributed by atoms with van der Waals surface area (Å²) >= 11 is 0. The van der Waals surface area contributed by atoms with E-state index in [1.807, 2.05) is 26.8 Å². The molecule has 3 heteroatoms. The summed E-state index contributed by atoms with van der Waals surface area (Å²) in [6.07, 6.45) is 0. The molecule has 2 N–H and O–H groups in total. The molecule has 3 nitrogen and oxygen atoms in total. The second kappa shape index (κ2) is 3.22. The zero-order valence-electron chi connectivity index (χ0n) is 8.50. The number of benzene rings is 1. The molecule has 0 unspecified atom stereocenters. The lowest BCUT2D eigenvalue weighted by Gasteiger charge is -2.19. The first-order chi connectivity index (χ1) is 6.36. The molecule has 1 aromatic rings. The average Bonchev–Trinajstić information content (AvgIpc) is 2.07. The van der Waals surface area contributed by atoms with E-state index < -0.39 is 0 Å². The molecule has 0 saturated heterocycles. The molecule has 0 aliphatic rings. The van der Waals surface area contributed by atoms with Crippen LogP contribution in [0.1, 0.15) is 31.9 Å². The maximum Gasteiger partial charge on any atom is 0.175 e. The number of phenols is 2. The summed E-state index contributed by atoms with van der Waals surface area (Å²) in [6, 6.07) is 4.91. The van der Waals surface area contributed by atoms with Crippen molar-refractivity contribution >= 4 is 0 Å². The number of hydrogen-bond donors (Lipinski definition) is 2. The SMILES string of the molecule is CC(C)(C)c1cc(O)c(O)c(C#N)c1. The smallest absolute Gasteiger partial charge is 0.175 e. The molecule has 0 amide bonds. The van der Waals surface area contributed by atoms with Crippen molar-refractivity contribution in [3.63, 3.8) is 0 Å². The summed E-state index contributed by atoms with van der Waals surface area (Å²) in [5, 5.41) is 27.4. The Labute approximate surface area is 83.2 Å². The minimum absolute atomic E-state index is 0.106. The van der Waals surface area contributed by atoms with Crippen LogP contribution in [-0.2, 0) is 5.41 Å². The van der Waals surface area contributed by atoms with Crippen molar-refractivity contribution in [3.05, 3.63) is 23.3 Å². The van der Waals surface area contributed by atoms with Crippen molar-refractivity contribution in [2.45, 2.75) is 26.2 Å². The molecule has 0 radical (unpaired) electrons. The predicted octanol–water partition coefficient (Wildman–Crippen LogP) is 2.27. The molecular weight excluding hydrogens is 178 g/mol. The summed E-state index contributed by atoms with van der Waals surface area (Å²) in [4.78, 5) is 0. The van der Waals surface area contributed by atoms with Crippen LogP contribution in [0.4, 0.5) is 0 Å². The molecule has 0 fully saturated rings. The van der Waals surface area contributed by atoms with E-state index in [1.165, 1.54) is 6.07 Å². The van der Waals surface area contributed by atoms with Crippen molar-refractivity contribution in [2.75, 3.05) is 0 Å². The van der Waals surface area contributed by atoms with Gasteiger partial charge in [-0.1, -0.05) is 20.8 Å². The number of aromatic hydroxyl groups is 2. The number of hydrogen-bond acceptors (Lipinski definition) is 3. The fourth-order valence-corrected chi connectivity index (χ4v) is 1.14. The van der Waals surface area contributed by atoms with Gasteiger partial charge in [-0.25, -0.2) is 0 Å². The third kappa shape index (κ3) is 1.80. The fraction of sp³-hybridized carbons (Fsp3) is 0.364. The lowest BCUT2D eigenvalue weighted by atomic mass is 9.86. The Kier molecular flexibility index (Phi) is 2.39. The molecule has 1 rings (SSSR count). The topological polar surface area (TPSA) is 64.2 Å². The van der Waals surface area contributed by atoms with Gasteiger partial charge in [-0.3, -0.25) is 0 Å². The first-order valence-electron chi connectivity index (χ1n) is 4.33. The van der Waals surface area contributed by atoms with Crippen molar-refractivity contribution in [1.29, 1.82) is 5.26 Å². The minimum Gasteiger partial charge on any atom is -0.504 e. The summed E-state index contributed by atoms with van der Waals surface area (Å²) < 4.78 is 0. The number of nitriles is 1. The van der Waals surface area contributed by atoms with Crippen molar-refractivity contribution < 1.29 is 10.2 Å². The summed E-state index contributed by atoms with van der Waals surface area (Å²) in [7, 11) is 0. The lowest BCUT2D eigenvalue weighted by Crippen LogP contribution is -2.11. The van der Waals surface area contributed by atoms with Gasteiger partial charge >= 0.3 is 0 Å². The maximum atomic E-state index is 9.37. The Hall–Kier alpha value is -1.69. The van der Waals surface area contributed by atoms with Gasteiger partial charge in [-0.2, -0.15) is 5.26 Å². The second-order valence-electron chi connectivity index (χ2n) is 4.25. The maximum absolute atomic E-state index is 9.37. The second-order valence-corrected chi connectivity index (χ2v) is 4.25. The van der Waals surface area contributed by atoms with E-state index in [0.29, 0.717) is 0 Å². The van der Waals surface area contributed by atoms with Gasteiger partial charge in [-0.05, 0) is 23.1 Å². The molecule has 14 heavy (non-hydrogen) atoms. The van der Waals surface area contributed by atoms with E-state index >= 15 is 0 Å². The van der Waals surface area contributed by atoms with Gasteiger partial charge in [0.15, 0.2) is 11.5 Å². The Morgan fingerprint density at radius 3 is 2.21 bits per heavy atom. The normalized spacial score (nSPS) is 11.0. The highest BCUT2D eigenvalue weighted by atomic mass is 16.3. The molecule has 1 aromatic carbocycles. The van der Waals surface area contributed by atoms with E-state index in [0.717, 1.165) is 5.56 Å². The summed E-state index contributed by atoms with van der Waals surface area (Å²) in [5.41, 5.74) is 0.774. The van der Waals surface area contributed by atoms with E-state index in [1.54, 1.807) is 6.07 Å². The predicted molar refractivity (Wildman–Crippen MR) is 53.2 cm³/mol. The van der Waals surface area contributed by atoms with Crippen LogP contribution < -0.4 is 0 Å². The van der Waals surface area contributed by atoms with Crippen LogP contribution >= 0.6 is 0 Å². The molecule has 0 atom stereocenters. The third-order valence-corrected chi connectivity index (χ3v) is 2.08. The van der Waals surface area contributed by atoms with Gasteiger partial charge in [0.2, 0.25) is 0 Å². The van der Waals surface area contributed by atoms with Crippen LogP contribution in [0, 0.1) is 11.3 Å². The number of rotatable bonds is 0. The van der Waals surface area contributed by atoms with E-state index in [9.17, 15) is 10.2 Å². The fourth-order valence-electron chi connectivity index (χ4n) is 1.14. The Bertz CT molecular complexity index is 397. The van der Waals surface area contributed by atoms with Crippen LogP contribution in [0.3, 0.4) is 0 Å². The molecule has 0 spiro atoms. The molecule has 0 bridgehead atoms. The van der Waals surface area contributed by atoms with Gasteiger partial charge in [0.05, 0.1) is 5.56 Å². The first-order valence-corrected chi connectivity index (χ1v) is 4.33. The van der Waals surface area contributed by atoms with E-state index in [2.05, 4.69) is 0 Å². The van der Waals surface area contributed by atoms with Crippen molar-refractivity contribution in [1.82, 2.24) is 0 Å². The Morgan fingerprint density at radius 2 is 1.79 bits per heavy atom. The molecule has 0 aliphatic carbocycles. The number of phenolic OH excluding ortho intramolecular Hbond substituents is 2. The lowest BCUT2D eigenvalue weighted by molar-refractivity contribution is 0.400. The number of nitrogens with zero attached hydrogens (tertiary/aromatic N) is 1. The van der Waals surface area contributed by atoms with Crippen LogP contribution in [0.25, 0.3) is 0 Å². The molecular formula is C11H13NO2. The Morgan fingerprint density at radius 1 is 1.21 bits per heavy atom. The van der Waals surface area contributed by atoms with Crippen LogP contribution in [-0.4, -0.2) is 10.2 Å². The van der Waals surface area contributed by atoms with Crippen LogP contribution in [0.15, 0.2) is 12.1 Å². The highest BCUT2D eigenvalue weighted by Gasteiger charge is 2.18. The quantitative estimate of drug-likeness (QED) is 0.618. The summed E-state index contributed by atoms with van der Waals surface area (Å²) in [5.74, 6) is -0.588. The molecule has 0 aliphatic heterocycles. The Balaban J connectivity index is 3.40. The highest BCUT2D eigenvalue weighted by molar-refractivity contribution is 5.54. The molecule has 0 heterocycles. The highest BCUT2D eigenvalue weighted by Crippen LogP contribution is 2.34. The third-order valence-electron chi connectivity index (χ3n) is 2.08. The van der Waals surface area contributed by atoms with Crippen molar-refractivity contribution in [2.24, 2.45) is 0 Å².